The summed E-state index contributed by atoms with van der Waals surface area (Å²) in [5.74, 6) is 0. The van der Waals surface area contributed by atoms with Crippen LogP contribution >= 0.6 is 0 Å². The number of hydrogen-bond donors (Lipinski definition) is 1. The van der Waals surface area contributed by atoms with Gasteiger partial charge in [-0.3, -0.25) is 4.68 Å². The van der Waals surface area contributed by atoms with Crippen LogP contribution < -0.4 is 5.32 Å². The SMILES string of the molecule is Cc1ccc(C)c(NCc2cnn(C)c2C)c1. The van der Waals surface area contributed by atoms with Crippen LogP contribution in [0.25, 0.3) is 0 Å². The van der Waals surface area contributed by atoms with Crippen molar-refractivity contribution in [2.75, 3.05) is 5.32 Å². The van der Waals surface area contributed by atoms with Gasteiger partial charge in [0, 0.05) is 30.5 Å². The largest absolute Gasteiger partial charge is 0.381 e. The lowest BCUT2D eigenvalue weighted by atomic mass is 10.1. The fraction of sp³-hybridized carbons (Fsp3) is 0.357. The van der Waals surface area contributed by atoms with Gasteiger partial charge in [0.15, 0.2) is 0 Å². The zero-order chi connectivity index (χ0) is 12.4. The molecule has 0 aliphatic carbocycles. The van der Waals surface area contributed by atoms with Gasteiger partial charge < -0.3 is 5.32 Å². The molecular formula is C14H19N3. The number of aryl methyl sites for hydroxylation is 3. The van der Waals surface area contributed by atoms with Crippen molar-refractivity contribution in [2.24, 2.45) is 7.05 Å². The highest BCUT2D eigenvalue weighted by Crippen LogP contribution is 2.18. The molecular weight excluding hydrogens is 210 g/mol. The van der Waals surface area contributed by atoms with Crippen LogP contribution in [0.3, 0.4) is 0 Å². The third-order valence-corrected chi connectivity index (χ3v) is 3.20. The van der Waals surface area contributed by atoms with E-state index in [4.69, 9.17) is 0 Å². The average Bonchev–Trinajstić information content (AvgIpc) is 2.62. The molecule has 1 aromatic heterocycles. The van der Waals surface area contributed by atoms with Crippen LogP contribution in [0.5, 0.6) is 0 Å². The van der Waals surface area contributed by atoms with E-state index in [9.17, 15) is 0 Å². The fourth-order valence-electron chi connectivity index (χ4n) is 1.83. The second-order valence-corrected chi connectivity index (χ2v) is 4.55. The van der Waals surface area contributed by atoms with Gasteiger partial charge in [0.1, 0.15) is 0 Å². The molecule has 1 heterocycles. The maximum atomic E-state index is 4.25. The second-order valence-electron chi connectivity index (χ2n) is 4.55. The molecule has 0 bridgehead atoms. The summed E-state index contributed by atoms with van der Waals surface area (Å²) < 4.78 is 1.90. The normalized spacial score (nSPS) is 10.6. The lowest BCUT2D eigenvalue weighted by Gasteiger charge is -2.10. The van der Waals surface area contributed by atoms with Crippen molar-refractivity contribution >= 4 is 5.69 Å². The summed E-state index contributed by atoms with van der Waals surface area (Å²) in [6.07, 6.45) is 1.92. The van der Waals surface area contributed by atoms with Crippen molar-refractivity contribution in [1.29, 1.82) is 0 Å². The molecule has 0 atom stereocenters. The molecule has 3 nitrogen and oxygen atoms in total. The summed E-state index contributed by atoms with van der Waals surface area (Å²) in [6, 6.07) is 6.46. The molecule has 1 N–H and O–H groups in total. The van der Waals surface area contributed by atoms with Gasteiger partial charge in [0.05, 0.1) is 6.20 Å². The predicted octanol–water partition coefficient (Wildman–Crippen LogP) is 2.96. The Hall–Kier alpha value is -1.77. The van der Waals surface area contributed by atoms with Crippen LogP contribution in [-0.4, -0.2) is 9.78 Å². The second kappa shape index (κ2) is 4.62. The first-order valence-electron chi connectivity index (χ1n) is 5.86. The van der Waals surface area contributed by atoms with Crippen molar-refractivity contribution in [3.05, 3.63) is 46.8 Å². The van der Waals surface area contributed by atoms with Gasteiger partial charge in [-0.2, -0.15) is 5.10 Å². The molecule has 17 heavy (non-hydrogen) atoms. The Bertz CT molecular complexity index is 526. The minimum atomic E-state index is 0.823. The monoisotopic (exact) mass is 229 g/mol. The van der Waals surface area contributed by atoms with Crippen molar-refractivity contribution < 1.29 is 0 Å². The Labute approximate surface area is 102 Å². The van der Waals surface area contributed by atoms with E-state index in [0.717, 1.165) is 6.54 Å². The molecule has 3 heteroatoms. The van der Waals surface area contributed by atoms with Crippen LogP contribution in [0.4, 0.5) is 5.69 Å². The minimum absolute atomic E-state index is 0.823. The lowest BCUT2D eigenvalue weighted by molar-refractivity contribution is 0.738. The first-order chi connectivity index (χ1) is 8.08. The highest BCUT2D eigenvalue weighted by atomic mass is 15.3. The Kier molecular flexibility index (Phi) is 3.18. The lowest BCUT2D eigenvalue weighted by Crippen LogP contribution is -2.03. The number of aromatic nitrogens is 2. The molecule has 0 spiro atoms. The topological polar surface area (TPSA) is 29.9 Å². The first-order valence-corrected chi connectivity index (χ1v) is 5.86. The Morgan fingerprint density at radius 2 is 2.00 bits per heavy atom. The maximum Gasteiger partial charge on any atom is 0.0542 e. The molecule has 0 saturated heterocycles. The van der Waals surface area contributed by atoms with E-state index in [2.05, 4.69) is 49.4 Å². The quantitative estimate of drug-likeness (QED) is 0.877. The maximum absolute atomic E-state index is 4.25. The number of anilines is 1. The molecule has 0 radical (unpaired) electrons. The molecule has 0 aliphatic heterocycles. The average molecular weight is 229 g/mol. The van der Waals surface area contributed by atoms with Gasteiger partial charge in [-0.15, -0.1) is 0 Å². The van der Waals surface area contributed by atoms with E-state index in [1.807, 2.05) is 17.9 Å². The Morgan fingerprint density at radius 3 is 2.65 bits per heavy atom. The summed E-state index contributed by atoms with van der Waals surface area (Å²) in [5.41, 5.74) is 6.21. The molecule has 0 fully saturated rings. The van der Waals surface area contributed by atoms with Crippen LogP contribution in [0.2, 0.25) is 0 Å². The summed E-state index contributed by atoms with van der Waals surface area (Å²) in [7, 11) is 1.97. The number of nitrogens with one attached hydrogen (secondary N) is 1. The zero-order valence-corrected chi connectivity index (χ0v) is 10.9. The van der Waals surface area contributed by atoms with E-state index >= 15 is 0 Å². The van der Waals surface area contributed by atoms with E-state index in [1.165, 1.54) is 28.1 Å². The summed E-state index contributed by atoms with van der Waals surface area (Å²) in [4.78, 5) is 0. The van der Waals surface area contributed by atoms with Crippen molar-refractivity contribution in [1.82, 2.24) is 9.78 Å². The van der Waals surface area contributed by atoms with E-state index in [-0.39, 0.29) is 0 Å². The summed E-state index contributed by atoms with van der Waals surface area (Å²) >= 11 is 0. The molecule has 90 valence electrons. The van der Waals surface area contributed by atoms with Crippen molar-refractivity contribution in [2.45, 2.75) is 27.3 Å². The van der Waals surface area contributed by atoms with Gasteiger partial charge in [0.2, 0.25) is 0 Å². The standard InChI is InChI=1S/C14H19N3/c1-10-5-6-11(2)14(7-10)15-8-13-9-16-17(4)12(13)3/h5-7,9,15H,8H2,1-4H3. The first kappa shape index (κ1) is 11.7. The Balaban J connectivity index is 2.12. The third-order valence-electron chi connectivity index (χ3n) is 3.20. The van der Waals surface area contributed by atoms with Crippen LogP contribution in [0.1, 0.15) is 22.4 Å². The molecule has 0 unspecified atom stereocenters. The smallest absolute Gasteiger partial charge is 0.0542 e. The fourth-order valence-corrected chi connectivity index (χ4v) is 1.83. The number of rotatable bonds is 3. The number of hydrogen-bond acceptors (Lipinski definition) is 2. The molecule has 0 amide bonds. The minimum Gasteiger partial charge on any atom is -0.381 e. The number of nitrogens with zero attached hydrogens (tertiary/aromatic N) is 2. The van der Waals surface area contributed by atoms with Crippen molar-refractivity contribution in [3.63, 3.8) is 0 Å². The van der Waals surface area contributed by atoms with E-state index in [0.29, 0.717) is 0 Å². The predicted molar refractivity (Wildman–Crippen MR) is 71.2 cm³/mol. The molecule has 0 saturated carbocycles. The van der Waals surface area contributed by atoms with Crippen molar-refractivity contribution in [3.8, 4) is 0 Å². The molecule has 1 aromatic carbocycles. The Morgan fingerprint density at radius 1 is 1.24 bits per heavy atom. The van der Waals surface area contributed by atoms with Gasteiger partial charge in [-0.1, -0.05) is 12.1 Å². The van der Waals surface area contributed by atoms with Gasteiger partial charge in [-0.25, -0.2) is 0 Å². The summed E-state index contributed by atoms with van der Waals surface area (Å²) in [5, 5.41) is 7.72. The van der Waals surface area contributed by atoms with Crippen LogP contribution in [0.15, 0.2) is 24.4 Å². The van der Waals surface area contributed by atoms with E-state index in [1.54, 1.807) is 0 Å². The van der Waals surface area contributed by atoms with E-state index < -0.39 is 0 Å². The van der Waals surface area contributed by atoms with Gasteiger partial charge in [-0.05, 0) is 38.0 Å². The molecule has 2 aromatic rings. The molecule has 0 aliphatic rings. The third kappa shape index (κ3) is 2.49. The highest BCUT2D eigenvalue weighted by molar-refractivity contribution is 5.52. The summed E-state index contributed by atoms with van der Waals surface area (Å²) in [6.45, 7) is 7.15. The van der Waals surface area contributed by atoms with Gasteiger partial charge in [0.25, 0.3) is 0 Å². The van der Waals surface area contributed by atoms with Crippen LogP contribution in [0, 0.1) is 20.8 Å². The number of benzene rings is 1. The van der Waals surface area contributed by atoms with Crippen LogP contribution in [-0.2, 0) is 13.6 Å². The van der Waals surface area contributed by atoms with Gasteiger partial charge >= 0.3 is 0 Å². The molecule has 2 rings (SSSR count). The zero-order valence-electron chi connectivity index (χ0n) is 10.9. The highest BCUT2D eigenvalue weighted by Gasteiger charge is 2.04.